The normalized spacial score (nSPS) is 16.3. The molecule has 0 heterocycles. The number of thioether (sulfide) groups is 1. The molecule has 5 heteroatoms. The maximum Gasteiger partial charge on any atom is 0.137 e. The fourth-order valence-corrected chi connectivity index (χ4v) is 4.52. The van der Waals surface area contributed by atoms with E-state index in [1.807, 2.05) is 32.0 Å². The van der Waals surface area contributed by atoms with E-state index in [1.54, 1.807) is 6.07 Å². The molecule has 0 bridgehead atoms. The number of fused-ring (bicyclic) bond motifs is 1. The molecule has 3 rings (SSSR count). The van der Waals surface area contributed by atoms with Crippen LogP contribution in [0.3, 0.4) is 0 Å². The molecule has 0 aromatic heterocycles. The van der Waals surface area contributed by atoms with Crippen molar-refractivity contribution in [3.05, 3.63) is 70.8 Å². The van der Waals surface area contributed by atoms with Crippen LogP contribution in [0.5, 0.6) is 5.75 Å². The lowest BCUT2D eigenvalue weighted by molar-refractivity contribution is 0.241. The smallest absolute Gasteiger partial charge is 0.137 e. The lowest BCUT2D eigenvalue weighted by atomic mass is 10.0. The molecule has 1 aliphatic rings. The Morgan fingerprint density at radius 2 is 2.18 bits per heavy atom. The van der Waals surface area contributed by atoms with Crippen molar-refractivity contribution >= 4 is 22.9 Å². The topological polar surface area (TPSA) is 82.9 Å². The van der Waals surface area contributed by atoms with Crippen LogP contribution in [0.2, 0.25) is 0 Å². The summed E-state index contributed by atoms with van der Waals surface area (Å²) in [6, 6.07) is 14.0. The molecule has 3 N–H and O–H groups in total. The fourth-order valence-electron chi connectivity index (χ4n) is 3.54. The summed E-state index contributed by atoms with van der Waals surface area (Å²) < 4.78 is 5.70. The van der Waals surface area contributed by atoms with Gasteiger partial charge in [0.15, 0.2) is 0 Å². The number of hydrogen-bond donors (Lipinski definition) is 2. The number of rotatable bonds is 7. The van der Waals surface area contributed by atoms with Crippen molar-refractivity contribution in [2.24, 2.45) is 5.73 Å². The summed E-state index contributed by atoms with van der Waals surface area (Å²) in [6.45, 7) is 8.06. The highest BCUT2D eigenvalue weighted by molar-refractivity contribution is 8.09. The first kappa shape index (κ1) is 20.2. The van der Waals surface area contributed by atoms with Gasteiger partial charge in [0, 0.05) is 17.2 Å². The van der Waals surface area contributed by atoms with Crippen LogP contribution in [0.25, 0.3) is 4.91 Å². The lowest BCUT2D eigenvalue weighted by Gasteiger charge is -2.18. The van der Waals surface area contributed by atoms with Gasteiger partial charge in [0.1, 0.15) is 11.8 Å². The molecule has 0 aliphatic heterocycles. The maximum absolute atomic E-state index is 9.46. The van der Waals surface area contributed by atoms with Crippen LogP contribution in [0.1, 0.15) is 59.4 Å². The largest absolute Gasteiger partial charge is 0.490 e. The predicted octanol–water partition coefficient (Wildman–Crippen LogP) is 5.39. The van der Waals surface area contributed by atoms with Crippen LogP contribution in [0, 0.1) is 16.7 Å². The molecule has 1 aliphatic carbocycles. The fraction of sp³-hybridized carbons (Fsp3) is 0.304. The predicted molar refractivity (Wildman–Crippen MR) is 117 cm³/mol. The quantitative estimate of drug-likeness (QED) is 0.620. The van der Waals surface area contributed by atoms with Crippen LogP contribution < -0.4 is 10.5 Å². The number of benzene rings is 2. The number of nitrogens with two attached hydrogens (primary N) is 1. The molecule has 2 atom stereocenters. The molecule has 144 valence electrons. The Hall–Kier alpha value is -2.55. The Kier molecular flexibility index (Phi) is 6.23. The highest BCUT2D eigenvalue weighted by Gasteiger charge is 2.25. The van der Waals surface area contributed by atoms with E-state index >= 15 is 0 Å². The molecule has 0 spiro atoms. The highest BCUT2D eigenvalue weighted by atomic mass is 32.2. The third-order valence-electron chi connectivity index (χ3n) is 4.87. The Morgan fingerprint density at radius 1 is 1.39 bits per heavy atom. The minimum atomic E-state index is -0.134. The van der Waals surface area contributed by atoms with Gasteiger partial charge in [-0.2, -0.15) is 5.26 Å². The van der Waals surface area contributed by atoms with E-state index in [-0.39, 0.29) is 17.4 Å². The van der Waals surface area contributed by atoms with Gasteiger partial charge >= 0.3 is 0 Å². The van der Waals surface area contributed by atoms with Crippen LogP contribution in [0.4, 0.5) is 0 Å². The molecule has 28 heavy (non-hydrogen) atoms. The average molecular weight is 392 g/mol. The van der Waals surface area contributed by atoms with Gasteiger partial charge in [-0.25, -0.2) is 0 Å². The van der Waals surface area contributed by atoms with Crippen molar-refractivity contribution in [1.29, 1.82) is 10.7 Å². The van der Waals surface area contributed by atoms with E-state index in [2.05, 4.69) is 24.8 Å². The number of nitriles is 1. The minimum absolute atomic E-state index is 0.00404. The van der Waals surface area contributed by atoms with Crippen molar-refractivity contribution in [1.82, 2.24) is 0 Å². The Labute approximate surface area is 170 Å². The maximum atomic E-state index is 9.46. The first-order valence-electron chi connectivity index (χ1n) is 9.39. The minimum Gasteiger partial charge on any atom is -0.490 e. The molecular formula is C23H25N3OS. The zero-order valence-electron chi connectivity index (χ0n) is 16.2. The number of hydrogen-bond acceptors (Lipinski definition) is 5. The van der Waals surface area contributed by atoms with Crippen molar-refractivity contribution in [3.8, 4) is 11.8 Å². The van der Waals surface area contributed by atoms with Gasteiger partial charge in [-0.1, -0.05) is 30.8 Å². The monoisotopic (exact) mass is 391 g/mol. The first-order chi connectivity index (χ1) is 13.4. The van der Waals surface area contributed by atoms with Gasteiger partial charge in [-0.3, -0.25) is 0 Å². The van der Waals surface area contributed by atoms with Gasteiger partial charge in [0.2, 0.25) is 0 Å². The van der Waals surface area contributed by atoms with E-state index in [4.69, 9.17) is 15.9 Å². The molecule has 4 nitrogen and oxygen atoms in total. The molecule has 2 aromatic rings. The summed E-state index contributed by atoms with van der Waals surface area (Å²) >= 11 is 1.53. The summed E-state index contributed by atoms with van der Waals surface area (Å²) in [6.07, 6.45) is 3.36. The van der Waals surface area contributed by atoms with Gasteiger partial charge in [0.25, 0.3) is 0 Å². The van der Waals surface area contributed by atoms with Gasteiger partial charge in [-0.15, -0.1) is 11.8 Å². The van der Waals surface area contributed by atoms with Crippen LogP contribution in [-0.2, 0) is 6.42 Å². The third kappa shape index (κ3) is 4.14. The van der Waals surface area contributed by atoms with Crippen LogP contribution in [0.15, 0.2) is 43.0 Å². The highest BCUT2D eigenvalue weighted by Crippen LogP contribution is 2.43. The van der Waals surface area contributed by atoms with Crippen LogP contribution >= 0.6 is 11.8 Å². The Balaban J connectivity index is 1.84. The molecule has 0 amide bonds. The molecular weight excluding hydrogens is 366 g/mol. The summed E-state index contributed by atoms with van der Waals surface area (Å²) in [7, 11) is 0. The number of nitrogens with one attached hydrogen (secondary N) is 1. The average Bonchev–Trinajstić information content (AvgIpc) is 3.07. The second-order valence-electron chi connectivity index (χ2n) is 7.18. The van der Waals surface area contributed by atoms with E-state index in [0.717, 1.165) is 28.9 Å². The summed E-state index contributed by atoms with van der Waals surface area (Å²) in [5.41, 5.74) is 11.2. The zero-order valence-corrected chi connectivity index (χ0v) is 17.1. The zero-order chi connectivity index (χ0) is 20.3. The van der Waals surface area contributed by atoms with E-state index in [9.17, 15) is 5.26 Å². The Bertz CT molecular complexity index is 945. The molecule has 0 saturated carbocycles. The van der Waals surface area contributed by atoms with Gasteiger partial charge in [-0.05, 0) is 61.1 Å². The van der Waals surface area contributed by atoms with Crippen LogP contribution in [-0.4, -0.2) is 12.3 Å². The van der Waals surface area contributed by atoms with Crippen molar-refractivity contribution in [3.63, 3.8) is 0 Å². The molecule has 0 fully saturated rings. The molecule has 2 aromatic carbocycles. The van der Waals surface area contributed by atoms with Gasteiger partial charge in [0.05, 0.1) is 16.9 Å². The standard InChI is InChI=1S/C23H25N3OS/c1-14(2)27-22-10-7-16(11-17(22)12-24)15(3)28-23(13-25)20-6-4-5-19-18(20)8-9-21(19)26/h4-7,10-11,13-14,21,23,25H,3,8-9,26H2,1-2H3. The number of ether oxygens (including phenoxy) is 1. The molecule has 2 unspecified atom stereocenters. The second kappa shape index (κ2) is 8.64. The van der Waals surface area contributed by atoms with E-state index < -0.39 is 0 Å². The third-order valence-corrected chi connectivity index (χ3v) is 6.03. The second-order valence-corrected chi connectivity index (χ2v) is 8.41. The number of nitrogens with zero attached hydrogens (tertiary/aromatic N) is 1. The summed E-state index contributed by atoms with van der Waals surface area (Å²) in [4.78, 5) is 0.820. The Morgan fingerprint density at radius 3 is 2.86 bits per heavy atom. The van der Waals surface area contributed by atoms with Crippen molar-refractivity contribution in [2.75, 3.05) is 0 Å². The first-order valence-corrected chi connectivity index (χ1v) is 10.3. The summed E-state index contributed by atoms with van der Waals surface area (Å²) in [5, 5.41) is 17.3. The summed E-state index contributed by atoms with van der Waals surface area (Å²) in [5.74, 6) is 0.581. The molecule has 0 saturated heterocycles. The van der Waals surface area contributed by atoms with Crippen molar-refractivity contribution < 1.29 is 4.74 Å². The lowest BCUT2D eigenvalue weighted by Crippen LogP contribution is -2.07. The van der Waals surface area contributed by atoms with E-state index in [0.29, 0.717) is 11.3 Å². The van der Waals surface area contributed by atoms with Gasteiger partial charge < -0.3 is 15.9 Å². The SMILES string of the molecule is C=C(SC(C=N)c1cccc2c1CCC2N)c1ccc(OC(C)C)c(C#N)c1. The van der Waals surface area contributed by atoms with E-state index in [1.165, 1.54) is 29.1 Å². The van der Waals surface area contributed by atoms with Crippen molar-refractivity contribution in [2.45, 2.75) is 44.1 Å². The molecule has 0 radical (unpaired) electrons.